The van der Waals surface area contributed by atoms with Gasteiger partial charge in [0.05, 0.1) is 13.2 Å². The van der Waals surface area contributed by atoms with Crippen molar-refractivity contribution >= 4 is 22.2 Å². The summed E-state index contributed by atoms with van der Waals surface area (Å²) in [6, 6.07) is 2.16. The van der Waals surface area contributed by atoms with Gasteiger partial charge in [-0.1, -0.05) is 19.6 Å². The molecule has 0 aromatic heterocycles. The van der Waals surface area contributed by atoms with Crippen LogP contribution in [0.1, 0.15) is 0 Å². The minimum atomic E-state index is -1.59. The van der Waals surface area contributed by atoms with E-state index in [1.54, 1.807) is 0 Å². The summed E-state index contributed by atoms with van der Waals surface area (Å²) < 4.78 is 15.1. The SMILES string of the molecule is C[Si](C)(C)C#N.C[Si](C)(C)OC1(C#N)COC1.O=C1COC1. The van der Waals surface area contributed by atoms with Crippen molar-refractivity contribution in [2.75, 3.05) is 26.4 Å². The quantitative estimate of drug-likeness (QED) is 0.714. The van der Waals surface area contributed by atoms with Crippen LogP contribution in [0, 0.1) is 22.3 Å². The van der Waals surface area contributed by atoms with Crippen LogP contribution < -0.4 is 0 Å². The lowest BCUT2D eigenvalue weighted by atomic mass is 10.1. The average Bonchev–Trinajstić information content (AvgIpc) is 2.31. The first-order valence-corrected chi connectivity index (χ1v) is 14.0. The highest BCUT2D eigenvalue weighted by molar-refractivity contribution is 6.83. The number of hydrogen-bond acceptors (Lipinski definition) is 6. The van der Waals surface area contributed by atoms with E-state index in [4.69, 9.17) is 19.7 Å². The molecule has 0 spiro atoms. The molecule has 124 valence electrons. The van der Waals surface area contributed by atoms with Crippen LogP contribution in [-0.4, -0.2) is 54.2 Å². The highest BCUT2D eigenvalue weighted by Crippen LogP contribution is 2.25. The number of rotatable bonds is 2. The first kappa shape index (κ1) is 21.0. The van der Waals surface area contributed by atoms with E-state index in [0.717, 1.165) is 0 Å². The standard InChI is InChI=1S/C7H13NO2Si.C4H9NSi.C3H4O2/c1-11(2,3)10-7(4-8)5-9-6-7;1-6(2,3)4-5;4-3-1-5-2-3/h5-6H2,1-3H3;1-3H3;1-2H2. The summed E-state index contributed by atoms with van der Waals surface area (Å²) in [5.41, 5.74) is 1.64. The molecule has 2 heterocycles. The summed E-state index contributed by atoms with van der Waals surface area (Å²) in [4.78, 5) is 9.77. The Morgan fingerprint density at radius 1 is 1.05 bits per heavy atom. The Bertz CT molecular complexity index is 445. The normalized spacial score (nSPS) is 18.8. The fourth-order valence-corrected chi connectivity index (χ4v) is 2.54. The van der Waals surface area contributed by atoms with Crippen LogP contribution in [0.25, 0.3) is 0 Å². The fraction of sp³-hybridized carbons (Fsp3) is 0.786. The van der Waals surface area contributed by atoms with Crippen molar-refractivity contribution < 1.29 is 18.7 Å². The molecule has 6 nitrogen and oxygen atoms in total. The molecular formula is C14H26N2O4Si2. The van der Waals surface area contributed by atoms with E-state index in [-0.39, 0.29) is 5.78 Å². The maximum absolute atomic E-state index is 9.77. The van der Waals surface area contributed by atoms with Crippen LogP contribution >= 0.6 is 0 Å². The lowest BCUT2D eigenvalue weighted by molar-refractivity contribution is -0.140. The predicted octanol–water partition coefficient (Wildman–Crippen LogP) is 2.10. The molecule has 2 aliphatic rings. The van der Waals surface area contributed by atoms with Crippen molar-refractivity contribution in [2.24, 2.45) is 0 Å². The zero-order valence-electron chi connectivity index (χ0n) is 14.4. The number of ether oxygens (including phenoxy) is 2. The van der Waals surface area contributed by atoms with E-state index in [2.05, 4.69) is 36.1 Å². The van der Waals surface area contributed by atoms with Gasteiger partial charge in [-0.3, -0.25) is 4.79 Å². The molecule has 2 fully saturated rings. The van der Waals surface area contributed by atoms with Crippen molar-refractivity contribution in [1.82, 2.24) is 0 Å². The largest absolute Gasteiger partial charge is 0.396 e. The van der Waals surface area contributed by atoms with Gasteiger partial charge >= 0.3 is 0 Å². The van der Waals surface area contributed by atoms with Crippen LogP contribution in [0.3, 0.4) is 0 Å². The fourth-order valence-electron chi connectivity index (χ4n) is 1.21. The topological polar surface area (TPSA) is 92.3 Å². The van der Waals surface area contributed by atoms with Crippen molar-refractivity contribution in [1.29, 1.82) is 10.5 Å². The average molecular weight is 343 g/mol. The maximum atomic E-state index is 9.77. The number of carbonyl (C=O) groups is 1. The summed E-state index contributed by atoms with van der Waals surface area (Å²) in [6.07, 6.45) is 0. The molecule has 8 heteroatoms. The van der Waals surface area contributed by atoms with Crippen molar-refractivity contribution in [3.8, 4) is 11.8 Å². The molecule has 2 rings (SSSR count). The van der Waals surface area contributed by atoms with Gasteiger partial charge in [0.15, 0.2) is 27.8 Å². The van der Waals surface area contributed by atoms with E-state index in [1.165, 1.54) is 0 Å². The Morgan fingerprint density at radius 3 is 1.50 bits per heavy atom. The Labute approximate surface area is 135 Å². The molecule has 2 aliphatic heterocycles. The second kappa shape index (κ2) is 8.56. The molecule has 2 saturated heterocycles. The molecule has 0 N–H and O–H groups in total. The van der Waals surface area contributed by atoms with Gasteiger partial charge in [-0.15, -0.1) is 0 Å². The first-order valence-electron chi connectivity index (χ1n) is 7.13. The molecule has 0 aromatic rings. The molecule has 0 unspecified atom stereocenters. The number of carbonyl (C=O) groups excluding carboxylic acids is 1. The monoisotopic (exact) mass is 342 g/mol. The molecule has 0 aliphatic carbocycles. The minimum Gasteiger partial charge on any atom is -0.396 e. The van der Waals surface area contributed by atoms with Crippen molar-refractivity contribution in [3.05, 3.63) is 0 Å². The van der Waals surface area contributed by atoms with Gasteiger partial charge in [0.2, 0.25) is 0 Å². The zero-order chi connectivity index (χ0) is 17.4. The second-order valence-corrected chi connectivity index (χ2v) is 16.4. The summed E-state index contributed by atoms with van der Waals surface area (Å²) in [5, 5.41) is 17.0. The van der Waals surface area contributed by atoms with Gasteiger partial charge in [-0.05, 0) is 19.6 Å². The van der Waals surface area contributed by atoms with Gasteiger partial charge in [0.1, 0.15) is 19.3 Å². The molecular weight excluding hydrogens is 316 g/mol. The third-order valence-corrected chi connectivity index (χ3v) is 3.91. The molecule has 0 amide bonds. The summed E-state index contributed by atoms with van der Waals surface area (Å²) in [5.74, 6) is 0.213. The first-order chi connectivity index (χ1) is 9.93. The highest BCUT2D eigenvalue weighted by atomic mass is 28.4. The summed E-state index contributed by atoms with van der Waals surface area (Å²) in [6.45, 7) is 13.9. The lowest BCUT2D eigenvalue weighted by Gasteiger charge is -2.39. The summed E-state index contributed by atoms with van der Waals surface area (Å²) in [7, 11) is -2.91. The summed E-state index contributed by atoms with van der Waals surface area (Å²) >= 11 is 0. The number of nitrogens with zero attached hydrogens (tertiary/aromatic N) is 2. The van der Waals surface area contributed by atoms with Gasteiger partial charge < -0.3 is 13.9 Å². The third kappa shape index (κ3) is 9.82. The second-order valence-electron chi connectivity index (χ2n) is 7.21. The predicted molar refractivity (Wildman–Crippen MR) is 88.4 cm³/mol. The van der Waals surface area contributed by atoms with Crippen LogP contribution in [-0.2, 0) is 18.7 Å². The Hall–Kier alpha value is -1.04. The number of Topliss-reactive ketones (excluding diaryl/α,β-unsaturated/α-hetero) is 1. The highest BCUT2D eigenvalue weighted by Gasteiger charge is 2.43. The van der Waals surface area contributed by atoms with Crippen LogP contribution in [0.2, 0.25) is 39.3 Å². The van der Waals surface area contributed by atoms with Gasteiger partial charge in [0, 0.05) is 5.69 Å². The minimum absolute atomic E-state index is 0.213. The van der Waals surface area contributed by atoms with Gasteiger partial charge in [-0.25, -0.2) is 5.26 Å². The van der Waals surface area contributed by atoms with E-state index in [0.29, 0.717) is 26.4 Å². The maximum Gasteiger partial charge on any atom is 0.191 e. The van der Waals surface area contributed by atoms with Crippen molar-refractivity contribution in [2.45, 2.75) is 44.9 Å². The molecule has 0 aromatic carbocycles. The number of ketones is 1. The van der Waals surface area contributed by atoms with Crippen molar-refractivity contribution in [3.63, 3.8) is 0 Å². The number of nitriles is 2. The lowest BCUT2D eigenvalue weighted by Crippen LogP contribution is -2.55. The van der Waals surface area contributed by atoms with E-state index < -0.39 is 22.0 Å². The Morgan fingerprint density at radius 2 is 1.45 bits per heavy atom. The van der Waals surface area contributed by atoms with E-state index >= 15 is 0 Å². The zero-order valence-corrected chi connectivity index (χ0v) is 16.4. The molecule has 0 atom stereocenters. The Balaban J connectivity index is 0.000000337. The molecule has 0 radical (unpaired) electrons. The molecule has 0 bridgehead atoms. The third-order valence-electron chi connectivity index (χ3n) is 2.24. The van der Waals surface area contributed by atoms with Gasteiger partial charge in [-0.2, -0.15) is 5.26 Å². The van der Waals surface area contributed by atoms with Gasteiger partial charge in [0.25, 0.3) is 0 Å². The smallest absolute Gasteiger partial charge is 0.191 e. The van der Waals surface area contributed by atoms with Crippen LogP contribution in [0.15, 0.2) is 0 Å². The van der Waals surface area contributed by atoms with E-state index in [1.807, 2.05) is 19.6 Å². The molecule has 0 saturated carbocycles. The van der Waals surface area contributed by atoms with Crippen LogP contribution in [0.5, 0.6) is 0 Å². The van der Waals surface area contributed by atoms with Crippen LogP contribution in [0.4, 0.5) is 0 Å². The number of hydrogen-bond donors (Lipinski definition) is 0. The van der Waals surface area contributed by atoms with E-state index in [9.17, 15) is 4.79 Å². The Kier molecular flexibility index (Phi) is 8.16. The molecule has 22 heavy (non-hydrogen) atoms.